The smallest absolute Gasteiger partial charge is 0.178 e. The molecule has 0 amide bonds. The summed E-state index contributed by atoms with van der Waals surface area (Å²) < 4.78 is 0. The fraction of sp³-hybridized carbons (Fsp3) is 0.250. The maximum absolute atomic E-state index is 5.75. The lowest BCUT2D eigenvalue weighted by Crippen LogP contribution is -1.98. The normalized spacial score (nSPS) is 10.4. The summed E-state index contributed by atoms with van der Waals surface area (Å²) in [4.78, 5) is 12.9. The second-order valence-corrected chi connectivity index (χ2v) is 3.64. The summed E-state index contributed by atoms with van der Waals surface area (Å²) in [6.45, 7) is 2.09. The van der Waals surface area contributed by atoms with Gasteiger partial charge in [0.2, 0.25) is 0 Å². The van der Waals surface area contributed by atoms with Crippen LogP contribution in [0.5, 0.6) is 0 Å². The van der Waals surface area contributed by atoms with Crippen molar-refractivity contribution < 1.29 is 0 Å². The Morgan fingerprint density at radius 3 is 2.81 bits per heavy atom. The molecule has 2 aromatic rings. The third-order valence-corrected chi connectivity index (χ3v) is 2.61. The molecule has 0 aliphatic rings. The summed E-state index contributed by atoms with van der Waals surface area (Å²) in [5.74, 6) is 1.04. The molecular weight excluding hydrogens is 222 g/mol. The number of halogens is 1. The van der Waals surface area contributed by atoms with Crippen molar-refractivity contribution in [2.24, 2.45) is 0 Å². The van der Waals surface area contributed by atoms with Gasteiger partial charge in [0.25, 0.3) is 0 Å². The highest BCUT2D eigenvalue weighted by molar-refractivity contribution is 6.16. The molecule has 0 unspecified atom stereocenters. The molecule has 0 fully saturated rings. The zero-order chi connectivity index (χ0) is 11.4. The molecule has 0 atom stereocenters. The molecule has 0 saturated heterocycles. The largest absolute Gasteiger partial charge is 0.253 e. The third kappa shape index (κ3) is 2.19. The van der Waals surface area contributed by atoms with Gasteiger partial charge in [0.1, 0.15) is 5.69 Å². The first-order chi connectivity index (χ1) is 7.85. The van der Waals surface area contributed by atoms with Gasteiger partial charge in [-0.15, -0.1) is 11.6 Å². The summed E-state index contributed by atoms with van der Waals surface area (Å²) in [7, 11) is 0. The molecule has 0 spiro atoms. The summed E-state index contributed by atoms with van der Waals surface area (Å²) in [5.41, 5.74) is 2.81. The van der Waals surface area contributed by atoms with Crippen LogP contribution in [0.2, 0.25) is 0 Å². The van der Waals surface area contributed by atoms with E-state index in [1.165, 1.54) is 0 Å². The van der Waals surface area contributed by atoms with E-state index < -0.39 is 0 Å². The SMILES string of the molecule is CCc1cccnc1-c1nccc(CCl)n1. The summed E-state index contributed by atoms with van der Waals surface area (Å²) in [6, 6.07) is 5.78. The number of nitrogens with zero attached hydrogens (tertiary/aromatic N) is 3. The molecule has 0 aromatic carbocycles. The molecule has 2 rings (SSSR count). The lowest BCUT2D eigenvalue weighted by atomic mass is 10.1. The molecular formula is C12H12ClN3. The topological polar surface area (TPSA) is 38.7 Å². The van der Waals surface area contributed by atoms with E-state index in [0.29, 0.717) is 11.7 Å². The zero-order valence-electron chi connectivity index (χ0n) is 9.02. The van der Waals surface area contributed by atoms with Crippen LogP contribution in [0.25, 0.3) is 11.5 Å². The van der Waals surface area contributed by atoms with E-state index in [4.69, 9.17) is 11.6 Å². The van der Waals surface area contributed by atoms with Gasteiger partial charge in [0.15, 0.2) is 5.82 Å². The van der Waals surface area contributed by atoms with Gasteiger partial charge in [0, 0.05) is 12.4 Å². The van der Waals surface area contributed by atoms with Crippen molar-refractivity contribution in [1.29, 1.82) is 0 Å². The molecule has 0 bridgehead atoms. The third-order valence-electron chi connectivity index (χ3n) is 2.33. The number of aryl methyl sites for hydroxylation is 1. The van der Waals surface area contributed by atoms with E-state index in [2.05, 4.69) is 21.9 Å². The van der Waals surface area contributed by atoms with Crippen molar-refractivity contribution in [3.8, 4) is 11.5 Å². The van der Waals surface area contributed by atoms with E-state index >= 15 is 0 Å². The summed E-state index contributed by atoms with van der Waals surface area (Å²) in [5, 5.41) is 0. The fourth-order valence-electron chi connectivity index (χ4n) is 1.51. The van der Waals surface area contributed by atoms with Gasteiger partial charge in [-0.25, -0.2) is 9.97 Å². The van der Waals surface area contributed by atoms with Crippen molar-refractivity contribution >= 4 is 11.6 Å². The molecule has 2 aromatic heterocycles. The predicted octanol–water partition coefficient (Wildman–Crippen LogP) is 2.84. The van der Waals surface area contributed by atoms with Crippen LogP contribution in [0.3, 0.4) is 0 Å². The molecule has 0 aliphatic heterocycles. The Morgan fingerprint density at radius 2 is 2.06 bits per heavy atom. The van der Waals surface area contributed by atoms with Gasteiger partial charge in [-0.2, -0.15) is 0 Å². The number of hydrogen-bond acceptors (Lipinski definition) is 3. The standard InChI is InChI=1S/C12H12ClN3/c1-2-9-4-3-6-14-11(9)12-15-7-5-10(8-13)16-12/h3-7H,2,8H2,1H3. The Hall–Kier alpha value is -1.48. The molecule has 0 aliphatic carbocycles. The minimum Gasteiger partial charge on any atom is -0.253 e. The Morgan fingerprint density at radius 1 is 1.19 bits per heavy atom. The minimum atomic E-state index is 0.393. The van der Waals surface area contributed by atoms with Crippen LogP contribution in [0, 0.1) is 0 Å². The number of rotatable bonds is 3. The van der Waals surface area contributed by atoms with Crippen molar-refractivity contribution in [2.75, 3.05) is 0 Å². The number of pyridine rings is 1. The minimum absolute atomic E-state index is 0.393. The number of alkyl halides is 1. The Balaban J connectivity index is 2.49. The second-order valence-electron chi connectivity index (χ2n) is 3.37. The Kier molecular flexibility index (Phi) is 3.47. The first-order valence-corrected chi connectivity index (χ1v) is 5.70. The molecule has 4 heteroatoms. The predicted molar refractivity (Wildman–Crippen MR) is 64.2 cm³/mol. The van der Waals surface area contributed by atoms with E-state index in [9.17, 15) is 0 Å². The lowest BCUT2D eigenvalue weighted by molar-refractivity contribution is 1.04. The van der Waals surface area contributed by atoms with Gasteiger partial charge in [-0.05, 0) is 24.1 Å². The Bertz CT molecular complexity index is 485. The first-order valence-electron chi connectivity index (χ1n) is 5.17. The highest BCUT2D eigenvalue weighted by Crippen LogP contribution is 2.17. The molecule has 0 radical (unpaired) electrons. The van der Waals surface area contributed by atoms with Crippen LogP contribution in [0.1, 0.15) is 18.2 Å². The van der Waals surface area contributed by atoms with Gasteiger partial charge in [0.05, 0.1) is 11.6 Å². The first kappa shape index (κ1) is 11.0. The van der Waals surface area contributed by atoms with Gasteiger partial charge in [-0.3, -0.25) is 4.98 Å². The van der Waals surface area contributed by atoms with Crippen LogP contribution in [-0.2, 0) is 12.3 Å². The van der Waals surface area contributed by atoms with Crippen LogP contribution in [-0.4, -0.2) is 15.0 Å². The van der Waals surface area contributed by atoms with E-state index in [1.54, 1.807) is 12.4 Å². The van der Waals surface area contributed by atoms with E-state index in [1.807, 2.05) is 18.2 Å². The highest BCUT2D eigenvalue weighted by Gasteiger charge is 2.07. The summed E-state index contributed by atoms with van der Waals surface area (Å²) >= 11 is 5.75. The van der Waals surface area contributed by atoms with E-state index in [-0.39, 0.29) is 0 Å². The molecule has 82 valence electrons. The fourth-order valence-corrected chi connectivity index (χ4v) is 1.66. The van der Waals surface area contributed by atoms with Crippen molar-refractivity contribution in [1.82, 2.24) is 15.0 Å². The molecule has 16 heavy (non-hydrogen) atoms. The molecule has 0 saturated carbocycles. The number of aromatic nitrogens is 3. The van der Waals surface area contributed by atoms with Crippen LogP contribution < -0.4 is 0 Å². The number of hydrogen-bond donors (Lipinski definition) is 0. The van der Waals surface area contributed by atoms with Crippen LogP contribution in [0.15, 0.2) is 30.6 Å². The molecule has 2 heterocycles. The second kappa shape index (κ2) is 5.03. The molecule has 0 N–H and O–H groups in total. The average molecular weight is 234 g/mol. The van der Waals surface area contributed by atoms with Crippen LogP contribution >= 0.6 is 11.6 Å². The monoisotopic (exact) mass is 233 g/mol. The Labute approximate surface area is 99.5 Å². The zero-order valence-corrected chi connectivity index (χ0v) is 9.78. The van der Waals surface area contributed by atoms with Crippen molar-refractivity contribution in [3.63, 3.8) is 0 Å². The average Bonchev–Trinajstić information content (AvgIpc) is 2.38. The van der Waals surface area contributed by atoms with E-state index in [0.717, 1.165) is 23.4 Å². The van der Waals surface area contributed by atoms with Crippen molar-refractivity contribution in [3.05, 3.63) is 41.9 Å². The van der Waals surface area contributed by atoms with Gasteiger partial charge in [-0.1, -0.05) is 13.0 Å². The van der Waals surface area contributed by atoms with Gasteiger partial charge < -0.3 is 0 Å². The lowest BCUT2D eigenvalue weighted by Gasteiger charge is -2.05. The maximum Gasteiger partial charge on any atom is 0.178 e. The highest BCUT2D eigenvalue weighted by atomic mass is 35.5. The van der Waals surface area contributed by atoms with Crippen LogP contribution in [0.4, 0.5) is 0 Å². The van der Waals surface area contributed by atoms with Crippen molar-refractivity contribution in [2.45, 2.75) is 19.2 Å². The molecule has 3 nitrogen and oxygen atoms in total. The van der Waals surface area contributed by atoms with Gasteiger partial charge >= 0.3 is 0 Å². The maximum atomic E-state index is 5.75. The summed E-state index contributed by atoms with van der Waals surface area (Å²) in [6.07, 6.45) is 4.39. The quantitative estimate of drug-likeness (QED) is 0.766.